The van der Waals surface area contributed by atoms with E-state index in [-0.39, 0.29) is 24.3 Å². The molecule has 1 aliphatic rings. The molecule has 0 radical (unpaired) electrons. The topological polar surface area (TPSA) is 79.5 Å². The molecule has 1 saturated heterocycles. The first-order valence-electron chi connectivity index (χ1n) is 10.8. The van der Waals surface area contributed by atoms with Gasteiger partial charge in [-0.05, 0) is 42.8 Å². The van der Waals surface area contributed by atoms with Crippen molar-refractivity contribution in [2.45, 2.75) is 32.7 Å². The number of halogens is 1. The van der Waals surface area contributed by atoms with Crippen LogP contribution in [0.5, 0.6) is 0 Å². The minimum Gasteiger partial charge on any atom is -0.419 e. The molecule has 7 nitrogen and oxygen atoms in total. The van der Waals surface area contributed by atoms with E-state index in [9.17, 15) is 9.59 Å². The molecule has 4 rings (SSSR count). The van der Waals surface area contributed by atoms with Crippen molar-refractivity contribution in [1.82, 2.24) is 20.0 Å². The molecule has 9 heteroatoms. The van der Waals surface area contributed by atoms with Crippen molar-refractivity contribution in [3.8, 4) is 11.5 Å². The SMILES string of the molecule is CCCN(Cc1nnc(-c2ccccc2Cl)o1)C(=O)C1CCN(C(=O)c2cccs2)CC1. The van der Waals surface area contributed by atoms with Crippen molar-refractivity contribution < 1.29 is 14.0 Å². The Hall–Kier alpha value is -2.71. The Morgan fingerprint density at radius 1 is 1.19 bits per heavy atom. The van der Waals surface area contributed by atoms with Crippen LogP contribution in [0.15, 0.2) is 46.2 Å². The van der Waals surface area contributed by atoms with E-state index in [4.69, 9.17) is 16.0 Å². The number of nitrogens with zero attached hydrogens (tertiary/aromatic N) is 4. The number of hydrogen-bond donors (Lipinski definition) is 0. The number of rotatable bonds is 7. The summed E-state index contributed by atoms with van der Waals surface area (Å²) in [4.78, 5) is 30.2. The quantitative estimate of drug-likeness (QED) is 0.496. The Morgan fingerprint density at radius 2 is 1.97 bits per heavy atom. The Kier molecular flexibility index (Phi) is 7.22. The van der Waals surface area contributed by atoms with Crippen molar-refractivity contribution >= 4 is 34.8 Å². The standard InChI is InChI=1S/C23H25ClN4O3S/c1-2-11-28(15-20-25-26-21(31-20)17-6-3-4-7-18(17)24)22(29)16-9-12-27(13-10-16)23(30)19-8-5-14-32-19/h3-8,14,16H,2,9-13,15H2,1H3. The minimum atomic E-state index is -0.111. The number of hydrogen-bond acceptors (Lipinski definition) is 6. The fourth-order valence-electron chi connectivity index (χ4n) is 3.91. The van der Waals surface area contributed by atoms with Gasteiger partial charge in [0.2, 0.25) is 17.7 Å². The summed E-state index contributed by atoms with van der Waals surface area (Å²) < 4.78 is 5.80. The molecule has 2 amide bonds. The molecule has 0 saturated carbocycles. The molecule has 0 N–H and O–H groups in total. The van der Waals surface area contributed by atoms with Crippen LogP contribution in [0.4, 0.5) is 0 Å². The van der Waals surface area contributed by atoms with E-state index < -0.39 is 0 Å². The van der Waals surface area contributed by atoms with Crippen molar-refractivity contribution in [3.63, 3.8) is 0 Å². The third-order valence-electron chi connectivity index (χ3n) is 5.57. The summed E-state index contributed by atoms with van der Waals surface area (Å²) in [6, 6.07) is 11.0. The number of carbonyl (C=O) groups is 2. The molecule has 2 aromatic heterocycles. The average molecular weight is 473 g/mol. The average Bonchev–Trinajstić information content (AvgIpc) is 3.51. The smallest absolute Gasteiger partial charge is 0.263 e. The van der Waals surface area contributed by atoms with Crippen molar-refractivity contribution in [3.05, 3.63) is 57.6 Å². The number of likely N-dealkylation sites (tertiary alicyclic amines) is 1. The van der Waals surface area contributed by atoms with E-state index in [1.807, 2.05) is 47.5 Å². The predicted molar refractivity (Wildman–Crippen MR) is 123 cm³/mol. The maximum absolute atomic E-state index is 13.2. The zero-order valence-electron chi connectivity index (χ0n) is 17.9. The molecular weight excluding hydrogens is 448 g/mol. The van der Waals surface area contributed by atoms with Crippen molar-refractivity contribution in [1.29, 1.82) is 0 Å². The molecule has 1 aliphatic heterocycles. The maximum atomic E-state index is 13.2. The molecule has 0 spiro atoms. The first-order valence-corrected chi connectivity index (χ1v) is 12.0. The molecular formula is C23H25ClN4O3S. The van der Waals surface area contributed by atoms with Crippen LogP contribution in [-0.4, -0.2) is 51.4 Å². The highest BCUT2D eigenvalue weighted by Gasteiger charge is 2.31. The van der Waals surface area contributed by atoms with E-state index in [0.29, 0.717) is 54.8 Å². The largest absolute Gasteiger partial charge is 0.419 e. The molecule has 168 valence electrons. The lowest BCUT2D eigenvalue weighted by atomic mass is 9.95. The lowest BCUT2D eigenvalue weighted by Crippen LogP contribution is -2.44. The maximum Gasteiger partial charge on any atom is 0.263 e. The van der Waals surface area contributed by atoms with Gasteiger partial charge in [0, 0.05) is 25.6 Å². The highest BCUT2D eigenvalue weighted by Crippen LogP contribution is 2.27. The van der Waals surface area contributed by atoms with Crippen LogP contribution in [0.2, 0.25) is 5.02 Å². The van der Waals surface area contributed by atoms with Gasteiger partial charge in [-0.2, -0.15) is 0 Å². The minimum absolute atomic E-state index is 0.0503. The Morgan fingerprint density at radius 3 is 2.66 bits per heavy atom. The summed E-state index contributed by atoms with van der Waals surface area (Å²) >= 11 is 7.67. The zero-order valence-corrected chi connectivity index (χ0v) is 19.4. The molecule has 1 fully saturated rings. The van der Waals surface area contributed by atoms with Crippen molar-refractivity contribution in [2.24, 2.45) is 5.92 Å². The van der Waals surface area contributed by atoms with Gasteiger partial charge in [-0.15, -0.1) is 21.5 Å². The van der Waals surface area contributed by atoms with Crippen LogP contribution in [0.25, 0.3) is 11.5 Å². The third kappa shape index (κ3) is 5.02. The number of piperidine rings is 1. The molecule has 3 aromatic rings. The van der Waals surface area contributed by atoms with Gasteiger partial charge in [-0.1, -0.05) is 36.7 Å². The van der Waals surface area contributed by atoms with Crippen LogP contribution in [0.1, 0.15) is 41.7 Å². The number of aromatic nitrogens is 2. The number of benzene rings is 1. The zero-order chi connectivity index (χ0) is 22.5. The van der Waals surface area contributed by atoms with Gasteiger partial charge in [0.1, 0.15) is 0 Å². The number of carbonyl (C=O) groups excluding carboxylic acids is 2. The van der Waals surface area contributed by atoms with E-state index in [2.05, 4.69) is 10.2 Å². The highest BCUT2D eigenvalue weighted by atomic mass is 35.5. The fraction of sp³-hybridized carbons (Fsp3) is 0.391. The van der Waals surface area contributed by atoms with Crippen LogP contribution in [0, 0.1) is 5.92 Å². The third-order valence-corrected chi connectivity index (χ3v) is 6.75. The number of thiophene rings is 1. The summed E-state index contributed by atoms with van der Waals surface area (Å²) in [5.74, 6) is 0.740. The lowest BCUT2D eigenvalue weighted by molar-refractivity contribution is -0.138. The van der Waals surface area contributed by atoms with Gasteiger partial charge in [0.25, 0.3) is 5.91 Å². The van der Waals surface area contributed by atoms with Gasteiger partial charge >= 0.3 is 0 Å². The van der Waals surface area contributed by atoms with Gasteiger partial charge in [-0.3, -0.25) is 9.59 Å². The van der Waals surface area contributed by atoms with E-state index in [0.717, 1.165) is 11.3 Å². The summed E-state index contributed by atoms with van der Waals surface area (Å²) in [6.07, 6.45) is 2.14. The molecule has 3 heterocycles. The second-order valence-corrected chi connectivity index (χ2v) is 9.14. The van der Waals surface area contributed by atoms with Crippen molar-refractivity contribution in [2.75, 3.05) is 19.6 Å². The van der Waals surface area contributed by atoms with Gasteiger partial charge < -0.3 is 14.2 Å². The molecule has 0 bridgehead atoms. The summed E-state index contributed by atoms with van der Waals surface area (Å²) in [7, 11) is 0. The Labute approximate surface area is 196 Å². The lowest BCUT2D eigenvalue weighted by Gasteiger charge is -2.33. The first-order chi connectivity index (χ1) is 15.6. The van der Waals surface area contributed by atoms with E-state index in [1.54, 1.807) is 11.0 Å². The highest BCUT2D eigenvalue weighted by molar-refractivity contribution is 7.12. The summed E-state index contributed by atoms with van der Waals surface area (Å²) in [5.41, 5.74) is 0.670. The van der Waals surface area contributed by atoms with Crippen LogP contribution >= 0.6 is 22.9 Å². The number of amides is 2. The normalized spacial score (nSPS) is 14.5. The second-order valence-electron chi connectivity index (χ2n) is 7.78. The molecule has 0 atom stereocenters. The molecule has 0 unspecified atom stereocenters. The molecule has 32 heavy (non-hydrogen) atoms. The Bertz CT molecular complexity index is 1060. The fourth-order valence-corrected chi connectivity index (χ4v) is 4.81. The van der Waals surface area contributed by atoms with Crippen LogP contribution in [-0.2, 0) is 11.3 Å². The summed E-state index contributed by atoms with van der Waals surface area (Å²) in [5, 5.41) is 10.7. The van der Waals surface area contributed by atoms with Gasteiger partial charge in [0.05, 0.1) is 22.0 Å². The van der Waals surface area contributed by atoms with Gasteiger partial charge in [0.15, 0.2) is 0 Å². The summed E-state index contributed by atoms with van der Waals surface area (Å²) in [6.45, 7) is 4.08. The second kappa shape index (κ2) is 10.3. The molecule has 0 aliphatic carbocycles. The monoisotopic (exact) mass is 472 g/mol. The van der Waals surface area contributed by atoms with Crippen LogP contribution < -0.4 is 0 Å². The molecule has 1 aromatic carbocycles. The first kappa shape index (κ1) is 22.5. The van der Waals surface area contributed by atoms with E-state index >= 15 is 0 Å². The predicted octanol–water partition coefficient (Wildman–Crippen LogP) is 4.74. The van der Waals surface area contributed by atoms with E-state index in [1.165, 1.54) is 11.3 Å². The van der Waals surface area contributed by atoms with Crippen LogP contribution in [0.3, 0.4) is 0 Å². The Balaban J connectivity index is 1.38. The van der Waals surface area contributed by atoms with Gasteiger partial charge in [-0.25, -0.2) is 0 Å².